The van der Waals surface area contributed by atoms with Gasteiger partial charge in [0, 0.05) is 57.0 Å². The van der Waals surface area contributed by atoms with Crippen LogP contribution in [0, 0.1) is 10.4 Å². The van der Waals surface area contributed by atoms with Crippen LogP contribution in [0.25, 0.3) is 11.0 Å². The number of aromatic nitrogens is 2. The molecule has 0 saturated carbocycles. The number of hydrogen-bond donors (Lipinski definition) is 2. The maximum atomic E-state index is 13.3. The maximum absolute atomic E-state index is 13.3. The summed E-state index contributed by atoms with van der Waals surface area (Å²) in [4.78, 5) is 13.6. The molecule has 1 saturated heterocycles. The quantitative estimate of drug-likeness (QED) is 0.419. The van der Waals surface area contributed by atoms with Crippen LogP contribution in [0.1, 0.15) is 29.5 Å². The van der Waals surface area contributed by atoms with E-state index in [1.807, 2.05) is 4.90 Å². The highest BCUT2D eigenvalue weighted by molar-refractivity contribution is 5.92. The molecule has 1 unspecified atom stereocenters. The molecule has 0 spiro atoms. The number of rotatable bonds is 4. The molecule has 29 heavy (non-hydrogen) atoms. The van der Waals surface area contributed by atoms with Crippen molar-refractivity contribution in [3.8, 4) is 0 Å². The van der Waals surface area contributed by atoms with Gasteiger partial charge < -0.3 is 25.7 Å². The molecule has 0 radical (unpaired) electrons. The maximum Gasteiger partial charge on any atom is 0.486 e. The van der Waals surface area contributed by atoms with Gasteiger partial charge in [-0.3, -0.25) is 4.79 Å². The molecule has 3 rings (SSSR count). The van der Waals surface area contributed by atoms with Crippen molar-refractivity contribution in [3.63, 3.8) is 0 Å². The zero-order valence-electron chi connectivity index (χ0n) is 15.4. The molecular weight excluding hydrogens is 417 g/mol. The summed E-state index contributed by atoms with van der Waals surface area (Å²) in [5.74, 6) is -1.15. The van der Waals surface area contributed by atoms with Crippen LogP contribution in [0.2, 0.25) is 0 Å². The van der Waals surface area contributed by atoms with Crippen molar-refractivity contribution >= 4 is 34.9 Å². The lowest BCUT2D eigenvalue weighted by atomic mass is 10.1. The van der Waals surface area contributed by atoms with E-state index < -0.39 is 33.6 Å². The van der Waals surface area contributed by atoms with E-state index in [0.717, 1.165) is 13.0 Å². The molecule has 1 aliphatic heterocycles. The average molecular weight is 437 g/mol. The number of ketones is 1. The second-order valence-electron chi connectivity index (χ2n) is 6.58. The van der Waals surface area contributed by atoms with Crippen molar-refractivity contribution < 1.29 is 32.5 Å². The van der Waals surface area contributed by atoms with E-state index in [1.165, 1.54) is 12.1 Å². The van der Waals surface area contributed by atoms with Gasteiger partial charge in [0.05, 0.1) is 0 Å². The number of carbonyl (C=O) groups excluding carboxylic acids is 1. The number of fused-ring (bicyclic) bond motifs is 1. The van der Waals surface area contributed by atoms with Gasteiger partial charge in [0.15, 0.2) is 0 Å². The highest BCUT2D eigenvalue weighted by Crippen LogP contribution is 2.30. The molecule has 1 aliphatic rings. The number of halogens is 4. The number of alkyl halides is 3. The van der Waals surface area contributed by atoms with Crippen LogP contribution in [0.4, 0.5) is 18.9 Å². The summed E-state index contributed by atoms with van der Waals surface area (Å²) in [6, 6.07) is 3.82. The summed E-state index contributed by atoms with van der Waals surface area (Å²) < 4.78 is 39.4. The topological polar surface area (TPSA) is 106 Å². The highest BCUT2D eigenvalue weighted by atomic mass is 35.5. The Kier molecular flexibility index (Phi) is 6.76. The third-order valence-electron chi connectivity index (χ3n) is 4.77. The van der Waals surface area contributed by atoms with Crippen LogP contribution in [0.3, 0.4) is 0 Å². The van der Waals surface area contributed by atoms with Crippen molar-refractivity contribution in [2.45, 2.75) is 25.6 Å². The first-order valence-corrected chi connectivity index (χ1v) is 8.66. The SMILES string of the molecule is CC(=O)c1c(C(F)(F)F)[n+]([O-])c2ccc(N3CCNCC3CCO)cc2[n+]1[O-].Cl. The zero-order valence-corrected chi connectivity index (χ0v) is 16.2. The number of piperazine rings is 1. The molecular formula is C17H20ClF3N4O4. The minimum Gasteiger partial charge on any atom is -0.618 e. The number of nitrogens with one attached hydrogen (secondary N) is 1. The second-order valence-corrected chi connectivity index (χ2v) is 6.58. The predicted molar refractivity (Wildman–Crippen MR) is 99.8 cm³/mol. The summed E-state index contributed by atoms with van der Waals surface area (Å²) in [6.07, 6.45) is -4.71. The van der Waals surface area contributed by atoms with Gasteiger partial charge in [0.2, 0.25) is 5.78 Å². The van der Waals surface area contributed by atoms with Crippen LogP contribution in [-0.4, -0.2) is 43.2 Å². The first kappa shape index (κ1) is 22.9. The van der Waals surface area contributed by atoms with Gasteiger partial charge in [-0.15, -0.1) is 17.1 Å². The minimum atomic E-state index is -5.16. The smallest absolute Gasteiger partial charge is 0.486 e. The number of hydrogen-bond acceptors (Lipinski definition) is 6. The molecule has 0 amide bonds. The van der Waals surface area contributed by atoms with Gasteiger partial charge in [-0.05, 0) is 12.5 Å². The number of benzene rings is 1. The Balaban J connectivity index is 0.00000300. The molecule has 1 aromatic carbocycles. The van der Waals surface area contributed by atoms with Crippen LogP contribution >= 0.6 is 12.4 Å². The summed E-state index contributed by atoms with van der Waals surface area (Å²) in [7, 11) is 0. The second kappa shape index (κ2) is 8.56. The fraction of sp³-hybridized carbons (Fsp3) is 0.471. The first-order valence-electron chi connectivity index (χ1n) is 8.66. The van der Waals surface area contributed by atoms with E-state index in [-0.39, 0.29) is 35.3 Å². The fourth-order valence-electron chi connectivity index (χ4n) is 3.53. The Morgan fingerprint density at radius 1 is 1.31 bits per heavy atom. The third-order valence-corrected chi connectivity index (χ3v) is 4.77. The van der Waals surface area contributed by atoms with Gasteiger partial charge in [0.1, 0.15) is 0 Å². The first-order chi connectivity index (χ1) is 13.2. The molecule has 0 bridgehead atoms. The molecule has 160 valence electrons. The standard InChI is InChI=1S/C17H19F3N4O4.ClH/c1-10(26)15-16(17(18,19)20)24(28)13-3-2-11(8-14(13)23(15)27)22-6-5-21-9-12(22)4-7-25;/h2-3,8,12,21,25H,4-7,9H2,1H3;1H. The van der Waals surface area contributed by atoms with Gasteiger partial charge >= 0.3 is 17.6 Å². The number of aliphatic hydroxyl groups excluding tert-OH is 1. The van der Waals surface area contributed by atoms with Crippen molar-refractivity contribution in [1.82, 2.24) is 5.32 Å². The molecule has 2 heterocycles. The summed E-state index contributed by atoms with van der Waals surface area (Å²) in [6.45, 7) is 2.53. The Bertz CT molecular complexity index is 924. The number of carbonyl (C=O) groups is 1. The van der Waals surface area contributed by atoms with E-state index in [1.54, 1.807) is 0 Å². The molecule has 2 aromatic rings. The largest absolute Gasteiger partial charge is 0.618 e. The zero-order chi connectivity index (χ0) is 20.6. The number of anilines is 1. The van der Waals surface area contributed by atoms with Crippen LogP contribution in [0.5, 0.6) is 0 Å². The number of Topliss-reactive ketones (excluding diaryl/α,β-unsaturated/α-hetero) is 1. The number of aliphatic hydroxyl groups is 1. The van der Waals surface area contributed by atoms with Crippen LogP contribution in [0.15, 0.2) is 18.2 Å². The van der Waals surface area contributed by atoms with Crippen molar-refractivity contribution in [1.29, 1.82) is 0 Å². The van der Waals surface area contributed by atoms with E-state index >= 15 is 0 Å². The minimum absolute atomic E-state index is 0. The Morgan fingerprint density at radius 2 is 2.00 bits per heavy atom. The van der Waals surface area contributed by atoms with E-state index in [2.05, 4.69) is 5.32 Å². The van der Waals surface area contributed by atoms with Crippen molar-refractivity contribution in [2.75, 3.05) is 31.1 Å². The van der Waals surface area contributed by atoms with E-state index in [4.69, 9.17) is 0 Å². The summed E-state index contributed by atoms with van der Waals surface area (Å²) in [5, 5.41) is 37.4. The van der Waals surface area contributed by atoms with Crippen LogP contribution in [-0.2, 0) is 6.18 Å². The number of nitrogens with zero attached hydrogens (tertiary/aromatic N) is 3. The molecule has 1 atom stereocenters. The lowest BCUT2D eigenvalue weighted by molar-refractivity contribution is -0.647. The monoisotopic (exact) mass is 436 g/mol. The molecule has 1 fully saturated rings. The average Bonchev–Trinajstić information content (AvgIpc) is 2.63. The van der Waals surface area contributed by atoms with Gasteiger partial charge in [0.25, 0.3) is 11.0 Å². The van der Waals surface area contributed by atoms with Gasteiger partial charge in [-0.2, -0.15) is 17.9 Å². The fourth-order valence-corrected chi connectivity index (χ4v) is 3.53. The molecule has 2 N–H and O–H groups in total. The van der Waals surface area contributed by atoms with E-state index in [9.17, 15) is 33.5 Å². The molecule has 0 aliphatic carbocycles. The lowest BCUT2D eigenvalue weighted by Gasteiger charge is -2.37. The molecule has 12 heteroatoms. The lowest BCUT2D eigenvalue weighted by Crippen LogP contribution is -2.52. The Morgan fingerprint density at radius 3 is 2.59 bits per heavy atom. The van der Waals surface area contributed by atoms with Crippen LogP contribution < -0.4 is 19.7 Å². The van der Waals surface area contributed by atoms with Gasteiger partial charge in [-0.25, -0.2) is 0 Å². The molecule has 1 aromatic heterocycles. The predicted octanol–water partition coefficient (Wildman–Crippen LogP) is 0.910. The molecule has 8 nitrogen and oxygen atoms in total. The third kappa shape index (κ3) is 4.16. The highest BCUT2D eigenvalue weighted by Gasteiger charge is 2.50. The van der Waals surface area contributed by atoms with Gasteiger partial charge in [-0.1, -0.05) is 0 Å². The summed E-state index contributed by atoms with van der Waals surface area (Å²) in [5.41, 5.74) is -3.35. The Hall–Kier alpha value is -2.37. The Labute approximate surface area is 170 Å². The van der Waals surface area contributed by atoms with Crippen molar-refractivity contribution in [2.24, 2.45) is 0 Å². The van der Waals surface area contributed by atoms with E-state index in [0.29, 0.717) is 31.7 Å². The summed E-state index contributed by atoms with van der Waals surface area (Å²) >= 11 is 0. The normalized spacial score (nSPS) is 17.3. The van der Waals surface area contributed by atoms with Crippen molar-refractivity contribution in [3.05, 3.63) is 40.0 Å².